The largest absolute Gasteiger partial charge is 0.314 e. The Bertz CT molecular complexity index is 200. The fourth-order valence-corrected chi connectivity index (χ4v) is 2.86. The smallest absolute Gasteiger partial charge is 0.00104 e. The number of rotatable bonds is 15. The molecule has 0 bridgehead atoms. The molecule has 0 saturated heterocycles. The Hall–Kier alpha value is -0.0400. The first-order chi connectivity index (χ1) is 10.1. The van der Waals surface area contributed by atoms with Gasteiger partial charge in [0.2, 0.25) is 0 Å². The van der Waals surface area contributed by atoms with Crippen molar-refractivity contribution in [2.24, 2.45) is 11.8 Å². The van der Waals surface area contributed by atoms with Gasteiger partial charge in [-0.3, -0.25) is 0 Å². The van der Waals surface area contributed by atoms with Crippen LogP contribution in [0.3, 0.4) is 0 Å². The van der Waals surface area contributed by atoms with Crippen LogP contribution in [0.4, 0.5) is 0 Å². The molecule has 0 aromatic carbocycles. The van der Waals surface area contributed by atoms with Crippen molar-refractivity contribution in [3.8, 4) is 0 Å². The van der Waals surface area contributed by atoms with E-state index in [0.29, 0.717) is 6.04 Å². The monoisotopic (exact) mass is 297 g/mol. The van der Waals surface area contributed by atoms with Crippen molar-refractivity contribution in [2.75, 3.05) is 6.54 Å². The molecule has 2 unspecified atom stereocenters. The molecule has 0 aliphatic carbocycles. The standard InChI is InChI=1S/C20H43N/c1-6-7-8-9-10-11-12-13-14-15-16-19(4)20(5)17-21-18(2)3/h18-21H,6-17H2,1-5H3. The molecule has 0 spiro atoms. The average Bonchev–Trinajstić information content (AvgIpc) is 2.46. The average molecular weight is 298 g/mol. The zero-order chi connectivity index (χ0) is 15.9. The van der Waals surface area contributed by atoms with Crippen LogP contribution >= 0.6 is 0 Å². The third kappa shape index (κ3) is 14.7. The van der Waals surface area contributed by atoms with Gasteiger partial charge in [-0.25, -0.2) is 0 Å². The minimum absolute atomic E-state index is 0.622. The van der Waals surface area contributed by atoms with Crippen LogP contribution in [0, 0.1) is 11.8 Å². The van der Waals surface area contributed by atoms with Crippen LogP contribution < -0.4 is 5.32 Å². The minimum atomic E-state index is 0.622. The maximum atomic E-state index is 3.57. The molecule has 0 aliphatic heterocycles. The molecule has 1 nitrogen and oxygen atoms in total. The van der Waals surface area contributed by atoms with Crippen LogP contribution in [0.5, 0.6) is 0 Å². The lowest BCUT2D eigenvalue weighted by Crippen LogP contribution is -2.30. The molecular weight excluding hydrogens is 254 g/mol. The summed E-state index contributed by atoms with van der Waals surface area (Å²) < 4.78 is 0. The topological polar surface area (TPSA) is 12.0 Å². The van der Waals surface area contributed by atoms with Crippen LogP contribution in [-0.2, 0) is 0 Å². The number of hydrogen-bond acceptors (Lipinski definition) is 1. The summed E-state index contributed by atoms with van der Waals surface area (Å²) in [6.45, 7) is 12.8. The quantitative estimate of drug-likeness (QED) is 0.337. The van der Waals surface area contributed by atoms with E-state index in [2.05, 4.69) is 39.9 Å². The summed E-state index contributed by atoms with van der Waals surface area (Å²) in [5, 5.41) is 3.57. The lowest BCUT2D eigenvalue weighted by molar-refractivity contribution is 0.328. The maximum Gasteiger partial charge on any atom is 0.00104 e. The summed E-state index contributed by atoms with van der Waals surface area (Å²) in [6.07, 6.45) is 15.9. The highest BCUT2D eigenvalue weighted by Gasteiger charge is 2.11. The molecule has 21 heavy (non-hydrogen) atoms. The normalized spacial score (nSPS) is 14.6. The summed E-state index contributed by atoms with van der Waals surface area (Å²) >= 11 is 0. The molecule has 0 aromatic rings. The Labute approximate surface area is 135 Å². The summed E-state index contributed by atoms with van der Waals surface area (Å²) in [5.74, 6) is 1.68. The SMILES string of the molecule is CCCCCCCCCCCCC(C)C(C)CNC(C)C. The van der Waals surface area contributed by atoms with Gasteiger partial charge in [-0.1, -0.05) is 105 Å². The highest BCUT2D eigenvalue weighted by atomic mass is 14.9. The first kappa shape index (κ1) is 21.0. The van der Waals surface area contributed by atoms with Crippen molar-refractivity contribution in [2.45, 2.75) is 111 Å². The van der Waals surface area contributed by atoms with E-state index in [4.69, 9.17) is 0 Å². The highest BCUT2D eigenvalue weighted by Crippen LogP contribution is 2.19. The van der Waals surface area contributed by atoms with Crippen LogP contribution in [0.25, 0.3) is 0 Å². The second-order valence-corrected chi connectivity index (χ2v) is 7.49. The van der Waals surface area contributed by atoms with Crippen LogP contribution in [0.2, 0.25) is 0 Å². The van der Waals surface area contributed by atoms with Crippen LogP contribution in [-0.4, -0.2) is 12.6 Å². The summed E-state index contributed by atoms with van der Waals surface area (Å²) in [5.41, 5.74) is 0. The molecule has 0 fully saturated rings. The molecule has 128 valence electrons. The van der Waals surface area contributed by atoms with Crippen molar-refractivity contribution in [1.29, 1.82) is 0 Å². The molecule has 1 N–H and O–H groups in total. The molecule has 0 saturated carbocycles. The van der Waals surface area contributed by atoms with E-state index in [1.54, 1.807) is 0 Å². The van der Waals surface area contributed by atoms with Gasteiger partial charge in [-0.2, -0.15) is 0 Å². The number of unbranched alkanes of at least 4 members (excludes halogenated alkanes) is 9. The Morgan fingerprint density at radius 2 is 1.10 bits per heavy atom. The third-order valence-corrected chi connectivity index (χ3v) is 4.83. The maximum absolute atomic E-state index is 3.57. The molecule has 0 rings (SSSR count). The van der Waals surface area contributed by atoms with Gasteiger partial charge in [0, 0.05) is 6.04 Å². The molecule has 0 aliphatic rings. The molecule has 0 radical (unpaired) electrons. The highest BCUT2D eigenvalue weighted by molar-refractivity contribution is 4.66. The van der Waals surface area contributed by atoms with Gasteiger partial charge in [0.25, 0.3) is 0 Å². The third-order valence-electron chi connectivity index (χ3n) is 4.83. The van der Waals surface area contributed by atoms with Gasteiger partial charge < -0.3 is 5.32 Å². The lowest BCUT2D eigenvalue weighted by Gasteiger charge is -2.21. The number of hydrogen-bond donors (Lipinski definition) is 1. The Morgan fingerprint density at radius 3 is 1.57 bits per heavy atom. The van der Waals surface area contributed by atoms with E-state index in [0.717, 1.165) is 11.8 Å². The van der Waals surface area contributed by atoms with Crippen molar-refractivity contribution in [3.63, 3.8) is 0 Å². The van der Waals surface area contributed by atoms with Crippen molar-refractivity contribution >= 4 is 0 Å². The van der Waals surface area contributed by atoms with Crippen LogP contribution in [0.15, 0.2) is 0 Å². The summed E-state index contributed by atoms with van der Waals surface area (Å²) in [7, 11) is 0. The molecule has 0 aromatic heterocycles. The Morgan fingerprint density at radius 1 is 0.619 bits per heavy atom. The van der Waals surface area contributed by atoms with Crippen molar-refractivity contribution in [3.05, 3.63) is 0 Å². The van der Waals surface area contributed by atoms with E-state index < -0.39 is 0 Å². The van der Waals surface area contributed by atoms with Gasteiger partial charge in [0.1, 0.15) is 0 Å². The fourth-order valence-electron chi connectivity index (χ4n) is 2.86. The molecule has 0 amide bonds. The fraction of sp³-hybridized carbons (Fsp3) is 1.00. The van der Waals surface area contributed by atoms with E-state index in [1.165, 1.54) is 77.2 Å². The second kappa shape index (κ2) is 14.9. The first-order valence-corrected chi connectivity index (χ1v) is 9.81. The second-order valence-electron chi connectivity index (χ2n) is 7.49. The van der Waals surface area contributed by atoms with Gasteiger partial charge >= 0.3 is 0 Å². The van der Waals surface area contributed by atoms with E-state index in [-0.39, 0.29) is 0 Å². The van der Waals surface area contributed by atoms with Crippen molar-refractivity contribution in [1.82, 2.24) is 5.32 Å². The van der Waals surface area contributed by atoms with Gasteiger partial charge in [0.15, 0.2) is 0 Å². The van der Waals surface area contributed by atoms with Crippen LogP contribution in [0.1, 0.15) is 105 Å². The molecule has 2 atom stereocenters. The lowest BCUT2D eigenvalue weighted by atomic mass is 9.90. The predicted octanol–water partition coefficient (Wildman–Crippen LogP) is 6.57. The van der Waals surface area contributed by atoms with Crippen molar-refractivity contribution < 1.29 is 0 Å². The summed E-state index contributed by atoms with van der Waals surface area (Å²) in [4.78, 5) is 0. The number of nitrogens with one attached hydrogen (secondary N) is 1. The van der Waals surface area contributed by atoms with Gasteiger partial charge in [0.05, 0.1) is 0 Å². The Kier molecular flexibility index (Phi) is 14.9. The van der Waals surface area contributed by atoms with E-state index >= 15 is 0 Å². The summed E-state index contributed by atoms with van der Waals surface area (Å²) in [6, 6.07) is 0.622. The Balaban J connectivity index is 3.29. The van der Waals surface area contributed by atoms with E-state index in [1.807, 2.05) is 0 Å². The molecular formula is C20H43N. The zero-order valence-electron chi connectivity index (χ0n) is 15.7. The zero-order valence-corrected chi connectivity index (χ0v) is 15.7. The van der Waals surface area contributed by atoms with Gasteiger partial charge in [-0.15, -0.1) is 0 Å². The predicted molar refractivity (Wildman–Crippen MR) is 97.9 cm³/mol. The minimum Gasteiger partial charge on any atom is -0.314 e. The molecule has 1 heteroatoms. The molecule has 0 heterocycles. The van der Waals surface area contributed by atoms with E-state index in [9.17, 15) is 0 Å². The first-order valence-electron chi connectivity index (χ1n) is 9.81. The van der Waals surface area contributed by atoms with Gasteiger partial charge in [-0.05, 0) is 18.4 Å².